The fourth-order valence-corrected chi connectivity index (χ4v) is 5.73. The van der Waals surface area contributed by atoms with Crippen LogP contribution >= 0.6 is 12.2 Å². The van der Waals surface area contributed by atoms with E-state index in [9.17, 15) is 0 Å². The lowest BCUT2D eigenvalue weighted by molar-refractivity contribution is 0.231. The van der Waals surface area contributed by atoms with Gasteiger partial charge >= 0.3 is 0 Å². The number of tetrazole rings is 1. The molecule has 2 fully saturated rings. The minimum Gasteiger partial charge on any atom is -0.360 e. The first kappa shape index (κ1) is 20.6. The number of fused-ring (bicyclic) bond motifs is 3. The number of nitrogens with zero attached hydrogens (tertiary/aromatic N) is 5. The minimum absolute atomic E-state index is 0.487. The molecule has 2 saturated carbocycles. The normalized spacial score (nSPS) is 18.5. The van der Waals surface area contributed by atoms with Crippen LogP contribution in [0.5, 0.6) is 0 Å². The van der Waals surface area contributed by atoms with Gasteiger partial charge in [0.2, 0.25) is 0 Å². The van der Waals surface area contributed by atoms with Crippen LogP contribution in [-0.4, -0.2) is 42.1 Å². The number of aryl methyl sites for hydroxylation is 1. The zero-order chi connectivity index (χ0) is 21.2. The van der Waals surface area contributed by atoms with Gasteiger partial charge in [0, 0.05) is 29.6 Å². The fourth-order valence-electron chi connectivity index (χ4n) is 5.35. The van der Waals surface area contributed by atoms with E-state index in [0.717, 1.165) is 28.4 Å². The van der Waals surface area contributed by atoms with Crippen molar-refractivity contribution in [3.05, 3.63) is 35.4 Å². The molecule has 5 rings (SSSR count). The Morgan fingerprint density at radius 2 is 1.81 bits per heavy atom. The average Bonchev–Trinajstić information content (AvgIpc) is 3.29. The summed E-state index contributed by atoms with van der Waals surface area (Å²) in [6.45, 7) is 2.87. The zero-order valence-electron chi connectivity index (χ0n) is 18.4. The van der Waals surface area contributed by atoms with Crippen molar-refractivity contribution in [3.8, 4) is 0 Å². The molecule has 1 aromatic carbocycles. The summed E-state index contributed by atoms with van der Waals surface area (Å²) < 4.78 is 1.88. The molecule has 2 heterocycles. The van der Waals surface area contributed by atoms with Gasteiger partial charge in [0.1, 0.15) is 0 Å². The van der Waals surface area contributed by atoms with Crippen molar-refractivity contribution in [3.63, 3.8) is 0 Å². The summed E-state index contributed by atoms with van der Waals surface area (Å²) >= 11 is 6.01. The summed E-state index contributed by atoms with van der Waals surface area (Å²) in [7, 11) is 0. The topological polar surface area (TPSA) is 58.3 Å². The van der Waals surface area contributed by atoms with Gasteiger partial charge in [-0.05, 0) is 73.5 Å². The Bertz CT molecular complexity index is 1060. The molecule has 3 aromatic rings. The molecule has 31 heavy (non-hydrogen) atoms. The summed E-state index contributed by atoms with van der Waals surface area (Å²) in [6.07, 6.45) is 12.7. The predicted octanol–water partition coefficient (Wildman–Crippen LogP) is 4.93. The number of rotatable bonds is 4. The van der Waals surface area contributed by atoms with Gasteiger partial charge in [-0.2, -0.15) is 4.52 Å². The second-order valence-electron chi connectivity index (χ2n) is 9.35. The lowest BCUT2D eigenvalue weighted by atomic mass is 9.93. The van der Waals surface area contributed by atoms with Crippen LogP contribution in [0.2, 0.25) is 0 Å². The maximum atomic E-state index is 6.01. The van der Waals surface area contributed by atoms with Gasteiger partial charge in [-0.25, -0.2) is 0 Å². The molecule has 2 aromatic heterocycles. The number of nitrogens with one attached hydrogen (secondary N) is 1. The van der Waals surface area contributed by atoms with E-state index in [1.165, 1.54) is 75.2 Å². The molecule has 0 radical (unpaired) electrons. The highest BCUT2D eigenvalue weighted by Gasteiger charge is 2.26. The smallest absolute Gasteiger partial charge is 0.184 e. The Morgan fingerprint density at radius 1 is 1.06 bits per heavy atom. The van der Waals surface area contributed by atoms with E-state index in [-0.39, 0.29) is 0 Å². The average molecular weight is 437 g/mol. The predicted molar refractivity (Wildman–Crippen MR) is 128 cm³/mol. The number of benzene rings is 1. The molecule has 7 heteroatoms. The highest BCUT2D eigenvalue weighted by Crippen LogP contribution is 2.28. The van der Waals surface area contributed by atoms with Crippen molar-refractivity contribution < 1.29 is 0 Å². The molecule has 0 spiro atoms. The van der Waals surface area contributed by atoms with Gasteiger partial charge in [-0.1, -0.05) is 50.2 Å². The van der Waals surface area contributed by atoms with E-state index in [4.69, 9.17) is 12.2 Å². The second kappa shape index (κ2) is 9.07. The molecule has 0 saturated heterocycles. The van der Waals surface area contributed by atoms with Gasteiger partial charge in [0.25, 0.3) is 0 Å². The minimum atomic E-state index is 0.487. The first-order valence-corrected chi connectivity index (χ1v) is 12.3. The summed E-state index contributed by atoms with van der Waals surface area (Å²) in [6, 6.07) is 9.69. The van der Waals surface area contributed by atoms with Crippen LogP contribution in [0.4, 0.5) is 0 Å². The Morgan fingerprint density at radius 3 is 2.58 bits per heavy atom. The van der Waals surface area contributed by atoms with Gasteiger partial charge < -0.3 is 10.2 Å². The molecule has 2 aliphatic rings. The molecular weight excluding hydrogens is 404 g/mol. The van der Waals surface area contributed by atoms with Crippen LogP contribution in [0.15, 0.2) is 24.3 Å². The summed E-state index contributed by atoms with van der Waals surface area (Å²) in [5.41, 5.74) is 4.25. The highest BCUT2D eigenvalue weighted by molar-refractivity contribution is 7.80. The molecule has 0 amide bonds. The van der Waals surface area contributed by atoms with E-state index >= 15 is 0 Å². The van der Waals surface area contributed by atoms with Gasteiger partial charge in [0.15, 0.2) is 10.8 Å². The SMILES string of the molecule is Cc1ccc2c(c1)cc(CN(C(=S)NC1CCCCC1)C1CCCCC1)c1nnnn12. The van der Waals surface area contributed by atoms with Crippen LogP contribution in [0.25, 0.3) is 16.6 Å². The van der Waals surface area contributed by atoms with E-state index < -0.39 is 0 Å². The summed E-state index contributed by atoms with van der Waals surface area (Å²) in [5, 5.41) is 18.5. The van der Waals surface area contributed by atoms with Crippen LogP contribution in [0.1, 0.15) is 75.3 Å². The van der Waals surface area contributed by atoms with E-state index in [2.05, 4.69) is 56.9 Å². The van der Waals surface area contributed by atoms with Gasteiger partial charge in [-0.15, -0.1) is 5.10 Å². The Labute approximate surface area is 189 Å². The van der Waals surface area contributed by atoms with Crippen molar-refractivity contribution in [1.29, 1.82) is 0 Å². The third-order valence-corrected chi connectivity index (χ3v) is 7.40. The maximum Gasteiger partial charge on any atom is 0.184 e. The molecule has 0 aliphatic heterocycles. The van der Waals surface area contributed by atoms with Crippen molar-refractivity contribution in [2.75, 3.05) is 0 Å². The maximum absolute atomic E-state index is 6.01. The molecular formula is C24H32N6S. The van der Waals surface area contributed by atoms with E-state index in [1.54, 1.807) is 0 Å². The fraction of sp³-hybridized carbons (Fsp3) is 0.583. The van der Waals surface area contributed by atoms with Gasteiger partial charge in [0.05, 0.1) is 5.52 Å². The van der Waals surface area contributed by atoms with Crippen molar-refractivity contribution in [1.82, 2.24) is 30.3 Å². The number of thiocarbonyl (C=S) groups is 1. The number of hydrogen-bond acceptors (Lipinski definition) is 4. The standard InChI is InChI=1S/C24H32N6S/c1-17-12-13-22-18(14-17)15-19(23-26-27-28-30(22)23)16-29(21-10-6-3-7-11-21)24(31)25-20-8-4-2-5-9-20/h12-15,20-21H,2-11,16H2,1H3,(H,25,31). The first-order chi connectivity index (χ1) is 15.2. The van der Waals surface area contributed by atoms with Crippen molar-refractivity contribution in [2.24, 2.45) is 0 Å². The summed E-state index contributed by atoms with van der Waals surface area (Å²) in [4.78, 5) is 2.44. The van der Waals surface area contributed by atoms with Crippen LogP contribution in [0, 0.1) is 6.92 Å². The van der Waals surface area contributed by atoms with Gasteiger partial charge in [-0.3, -0.25) is 0 Å². The quantitative estimate of drug-likeness (QED) is 0.586. The zero-order valence-corrected chi connectivity index (χ0v) is 19.2. The van der Waals surface area contributed by atoms with Crippen LogP contribution in [0.3, 0.4) is 0 Å². The molecule has 2 aliphatic carbocycles. The lowest BCUT2D eigenvalue weighted by Crippen LogP contribution is -2.49. The van der Waals surface area contributed by atoms with Crippen molar-refractivity contribution in [2.45, 2.75) is 89.8 Å². The monoisotopic (exact) mass is 436 g/mol. The number of aromatic nitrogens is 4. The molecule has 0 atom stereocenters. The number of pyridine rings is 1. The largest absolute Gasteiger partial charge is 0.360 e. The molecule has 6 nitrogen and oxygen atoms in total. The Hall–Kier alpha value is -2.28. The van der Waals surface area contributed by atoms with Crippen LogP contribution < -0.4 is 5.32 Å². The molecule has 0 bridgehead atoms. The first-order valence-electron chi connectivity index (χ1n) is 11.9. The van der Waals surface area contributed by atoms with Crippen LogP contribution in [-0.2, 0) is 6.54 Å². The number of hydrogen-bond donors (Lipinski definition) is 1. The Balaban J connectivity index is 1.48. The molecule has 1 N–H and O–H groups in total. The second-order valence-corrected chi connectivity index (χ2v) is 9.74. The molecule has 0 unspecified atom stereocenters. The van der Waals surface area contributed by atoms with E-state index in [0.29, 0.717) is 12.1 Å². The third kappa shape index (κ3) is 4.38. The Kier molecular flexibility index (Phi) is 6.03. The van der Waals surface area contributed by atoms with Crippen molar-refractivity contribution >= 4 is 33.9 Å². The third-order valence-electron chi connectivity index (χ3n) is 7.05. The highest BCUT2D eigenvalue weighted by atomic mass is 32.1. The van der Waals surface area contributed by atoms with E-state index in [1.807, 2.05) is 4.52 Å². The lowest BCUT2D eigenvalue weighted by Gasteiger charge is -2.38. The summed E-state index contributed by atoms with van der Waals surface area (Å²) in [5.74, 6) is 0. The molecule has 164 valence electrons.